The van der Waals surface area contributed by atoms with Crippen molar-refractivity contribution >= 4 is 45.7 Å². The van der Waals surface area contributed by atoms with E-state index in [1.807, 2.05) is 30.3 Å². The molecule has 2 rings (SSSR count). The number of carbonyl (C=O) groups excluding carboxylic acids is 1. The van der Waals surface area contributed by atoms with Gasteiger partial charge in [-0.2, -0.15) is 0 Å². The summed E-state index contributed by atoms with van der Waals surface area (Å²) >= 11 is 0. The standard InChI is InChI=1S/C17H26N4O3S.HI/c1-21(2)16(22)12-19-17(20-15-9-11-25(23,24)13-15)18-10-8-14-6-4-3-5-7-14;/h3-7,15H,8-13H2,1-2H3,(H2,18,19,20);1H. The van der Waals surface area contributed by atoms with E-state index in [0.29, 0.717) is 18.9 Å². The minimum atomic E-state index is -2.97. The number of aliphatic imine (C=N–C) groups is 1. The number of amides is 1. The van der Waals surface area contributed by atoms with E-state index >= 15 is 0 Å². The van der Waals surface area contributed by atoms with E-state index in [1.54, 1.807) is 14.1 Å². The quantitative estimate of drug-likeness (QED) is 0.345. The highest BCUT2D eigenvalue weighted by Gasteiger charge is 2.28. The predicted molar refractivity (Wildman–Crippen MR) is 115 cm³/mol. The number of guanidine groups is 1. The molecule has 26 heavy (non-hydrogen) atoms. The molecule has 1 amide bonds. The lowest BCUT2D eigenvalue weighted by atomic mass is 10.1. The molecular formula is C17H27IN4O3S. The second-order valence-corrected chi connectivity index (χ2v) is 8.59. The molecule has 1 fully saturated rings. The van der Waals surface area contributed by atoms with Crippen LogP contribution in [0, 0.1) is 0 Å². The Morgan fingerprint density at radius 2 is 1.96 bits per heavy atom. The summed E-state index contributed by atoms with van der Waals surface area (Å²) in [4.78, 5) is 17.5. The third-order valence-corrected chi connectivity index (χ3v) is 5.76. The molecule has 0 saturated carbocycles. The van der Waals surface area contributed by atoms with E-state index in [0.717, 1.165) is 6.42 Å². The summed E-state index contributed by atoms with van der Waals surface area (Å²) in [6.45, 7) is 0.665. The van der Waals surface area contributed by atoms with Gasteiger partial charge in [-0.3, -0.25) is 4.79 Å². The van der Waals surface area contributed by atoms with E-state index in [1.165, 1.54) is 10.5 Å². The van der Waals surface area contributed by atoms with Crippen molar-refractivity contribution in [3.8, 4) is 0 Å². The van der Waals surface area contributed by atoms with E-state index in [9.17, 15) is 13.2 Å². The molecule has 1 aliphatic heterocycles. The van der Waals surface area contributed by atoms with Crippen molar-refractivity contribution in [3.63, 3.8) is 0 Å². The highest BCUT2D eigenvalue weighted by molar-refractivity contribution is 14.0. The summed E-state index contributed by atoms with van der Waals surface area (Å²) < 4.78 is 23.2. The first-order chi connectivity index (χ1) is 11.9. The van der Waals surface area contributed by atoms with Crippen LogP contribution in [-0.2, 0) is 21.1 Å². The summed E-state index contributed by atoms with van der Waals surface area (Å²) in [7, 11) is 0.386. The summed E-state index contributed by atoms with van der Waals surface area (Å²) in [5, 5.41) is 6.33. The zero-order valence-electron chi connectivity index (χ0n) is 15.1. The van der Waals surface area contributed by atoms with Crippen LogP contribution in [0.4, 0.5) is 0 Å². The molecule has 7 nitrogen and oxygen atoms in total. The van der Waals surface area contributed by atoms with Gasteiger partial charge in [0.1, 0.15) is 6.54 Å². The topological polar surface area (TPSA) is 90.9 Å². The summed E-state index contributed by atoms with van der Waals surface area (Å²) in [6, 6.07) is 9.88. The van der Waals surface area contributed by atoms with Gasteiger partial charge in [-0.25, -0.2) is 13.4 Å². The van der Waals surface area contributed by atoms with Crippen molar-refractivity contribution in [1.29, 1.82) is 0 Å². The highest BCUT2D eigenvalue weighted by Crippen LogP contribution is 2.11. The fourth-order valence-electron chi connectivity index (χ4n) is 2.51. The lowest BCUT2D eigenvalue weighted by molar-refractivity contribution is -0.127. The van der Waals surface area contributed by atoms with Crippen LogP contribution >= 0.6 is 24.0 Å². The monoisotopic (exact) mass is 494 g/mol. The van der Waals surface area contributed by atoms with Gasteiger partial charge < -0.3 is 15.5 Å². The van der Waals surface area contributed by atoms with Gasteiger partial charge in [-0.05, 0) is 18.4 Å². The van der Waals surface area contributed by atoms with Gasteiger partial charge in [0, 0.05) is 26.7 Å². The third-order valence-electron chi connectivity index (χ3n) is 3.99. The van der Waals surface area contributed by atoms with E-state index in [2.05, 4.69) is 15.6 Å². The van der Waals surface area contributed by atoms with Crippen molar-refractivity contribution in [2.24, 2.45) is 4.99 Å². The molecule has 0 radical (unpaired) electrons. The fraction of sp³-hybridized carbons (Fsp3) is 0.529. The smallest absolute Gasteiger partial charge is 0.243 e. The molecule has 1 unspecified atom stereocenters. The van der Waals surface area contributed by atoms with Gasteiger partial charge in [-0.15, -0.1) is 24.0 Å². The maximum atomic E-state index is 11.8. The van der Waals surface area contributed by atoms with Gasteiger partial charge in [0.05, 0.1) is 11.5 Å². The molecule has 1 aromatic rings. The number of nitrogens with one attached hydrogen (secondary N) is 2. The molecule has 2 N–H and O–H groups in total. The first kappa shape index (κ1) is 22.7. The Hall–Kier alpha value is -1.36. The Morgan fingerprint density at radius 3 is 2.54 bits per heavy atom. The molecule has 1 atom stereocenters. The minimum Gasteiger partial charge on any atom is -0.356 e. The average molecular weight is 494 g/mol. The minimum absolute atomic E-state index is 0. The number of halogens is 1. The van der Waals surface area contributed by atoms with Crippen molar-refractivity contribution < 1.29 is 13.2 Å². The average Bonchev–Trinajstić information content (AvgIpc) is 2.91. The van der Waals surface area contributed by atoms with Gasteiger partial charge in [-0.1, -0.05) is 30.3 Å². The van der Waals surface area contributed by atoms with Crippen LogP contribution in [-0.4, -0.2) is 69.9 Å². The van der Waals surface area contributed by atoms with Gasteiger partial charge >= 0.3 is 0 Å². The number of sulfone groups is 1. The number of benzene rings is 1. The van der Waals surface area contributed by atoms with Crippen molar-refractivity contribution in [2.75, 3.05) is 38.7 Å². The van der Waals surface area contributed by atoms with E-state index in [-0.39, 0.29) is 54.0 Å². The molecule has 146 valence electrons. The lowest BCUT2D eigenvalue weighted by Crippen LogP contribution is -2.45. The molecule has 1 aliphatic rings. The zero-order chi connectivity index (χ0) is 18.3. The number of nitrogens with zero attached hydrogens (tertiary/aromatic N) is 2. The van der Waals surface area contributed by atoms with Crippen LogP contribution < -0.4 is 10.6 Å². The number of likely N-dealkylation sites (N-methyl/N-ethyl adjacent to an activating group) is 1. The summed E-state index contributed by atoms with van der Waals surface area (Å²) in [6.07, 6.45) is 1.37. The largest absolute Gasteiger partial charge is 0.356 e. The van der Waals surface area contributed by atoms with E-state index in [4.69, 9.17) is 0 Å². The Morgan fingerprint density at radius 1 is 1.27 bits per heavy atom. The normalized spacial score (nSPS) is 18.7. The molecule has 1 heterocycles. The SMILES string of the molecule is CN(C)C(=O)CN=C(NCCc1ccccc1)NC1CCS(=O)(=O)C1.I. The first-order valence-electron chi connectivity index (χ1n) is 8.35. The predicted octanol–water partition coefficient (Wildman–Crippen LogP) is 0.658. The molecule has 9 heteroatoms. The van der Waals surface area contributed by atoms with Crippen LogP contribution in [0.5, 0.6) is 0 Å². The molecule has 0 aliphatic carbocycles. The maximum absolute atomic E-state index is 11.8. The number of hydrogen-bond donors (Lipinski definition) is 2. The molecule has 0 aromatic heterocycles. The Balaban J connectivity index is 0.00000338. The number of hydrogen-bond acceptors (Lipinski definition) is 4. The first-order valence-corrected chi connectivity index (χ1v) is 10.2. The Labute approximate surface area is 172 Å². The molecule has 0 spiro atoms. The number of rotatable bonds is 6. The maximum Gasteiger partial charge on any atom is 0.243 e. The molecule has 0 bridgehead atoms. The Kier molecular flexibility index (Phi) is 9.34. The van der Waals surface area contributed by atoms with Crippen molar-refractivity contribution in [1.82, 2.24) is 15.5 Å². The summed E-state index contributed by atoms with van der Waals surface area (Å²) in [5.74, 6) is 0.670. The van der Waals surface area contributed by atoms with Crippen molar-refractivity contribution in [3.05, 3.63) is 35.9 Å². The second kappa shape index (κ2) is 10.7. The lowest BCUT2D eigenvalue weighted by Gasteiger charge is -2.17. The number of carbonyl (C=O) groups is 1. The second-order valence-electron chi connectivity index (χ2n) is 6.36. The van der Waals surface area contributed by atoms with Crippen LogP contribution in [0.2, 0.25) is 0 Å². The van der Waals surface area contributed by atoms with Crippen molar-refractivity contribution in [2.45, 2.75) is 18.9 Å². The molecule has 1 saturated heterocycles. The zero-order valence-corrected chi connectivity index (χ0v) is 18.3. The van der Waals surface area contributed by atoms with Crippen LogP contribution in [0.15, 0.2) is 35.3 Å². The molecular weight excluding hydrogens is 467 g/mol. The van der Waals surface area contributed by atoms with Crippen LogP contribution in [0.3, 0.4) is 0 Å². The van der Waals surface area contributed by atoms with Crippen LogP contribution in [0.1, 0.15) is 12.0 Å². The van der Waals surface area contributed by atoms with Gasteiger partial charge in [0.2, 0.25) is 5.91 Å². The fourth-order valence-corrected chi connectivity index (χ4v) is 4.19. The third kappa shape index (κ3) is 7.90. The summed E-state index contributed by atoms with van der Waals surface area (Å²) in [5.41, 5.74) is 1.20. The van der Waals surface area contributed by atoms with Gasteiger partial charge in [0.15, 0.2) is 15.8 Å². The Bertz CT molecular complexity index is 708. The molecule has 1 aromatic carbocycles. The van der Waals surface area contributed by atoms with Gasteiger partial charge in [0.25, 0.3) is 0 Å². The van der Waals surface area contributed by atoms with Crippen LogP contribution in [0.25, 0.3) is 0 Å². The van der Waals surface area contributed by atoms with E-state index < -0.39 is 9.84 Å². The highest BCUT2D eigenvalue weighted by atomic mass is 127.